The molecule has 0 aromatic heterocycles. The summed E-state index contributed by atoms with van der Waals surface area (Å²) >= 11 is 0. The summed E-state index contributed by atoms with van der Waals surface area (Å²) in [4.78, 5) is 12.9. The number of hydrogen-bond acceptors (Lipinski definition) is 1. The van der Waals surface area contributed by atoms with E-state index in [1.54, 1.807) is 0 Å². The first-order chi connectivity index (χ1) is 11.9. The van der Waals surface area contributed by atoms with E-state index in [1.165, 1.54) is 22.3 Å². The van der Waals surface area contributed by atoms with Gasteiger partial charge in [-0.1, -0.05) is 36.4 Å². The van der Waals surface area contributed by atoms with Crippen LogP contribution in [-0.2, 0) is 4.79 Å². The fraction of sp³-hybridized carbons (Fsp3) is 0.292. The molecule has 2 aromatic rings. The molecule has 25 heavy (non-hydrogen) atoms. The zero-order valence-corrected chi connectivity index (χ0v) is 15.6. The van der Waals surface area contributed by atoms with Gasteiger partial charge >= 0.3 is 0 Å². The Labute approximate surface area is 151 Å². The number of benzene rings is 2. The van der Waals surface area contributed by atoms with Crippen molar-refractivity contribution in [3.05, 3.63) is 80.9 Å². The second-order valence-corrected chi connectivity index (χ2v) is 7.21. The highest BCUT2D eigenvalue weighted by Gasteiger charge is 2.20. The molecule has 0 heterocycles. The minimum Gasteiger partial charge on any atom is -0.289 e. The maximum absolute atomic E-state index is 12.9. The quantitative estimate of drug-likeness (QED) is 0.604. The fourth-order valence-electron chi connectivity index (χ4n) is 3.29. The maximum atomic E-state index is 12.9. The predicted molar refractivity (Wildman–Crippen MR) is 107 cm³/mol. The first-order valence-electron chi connectivity index (χ1n) is 9.04. The number of Topliss-reactive ketones (excluding diaryl/α,β-unsaturated/α-hetero) is 1. The highest BCUT2D eigenvalue weighted by atomic mass is 16.1. The first-order valence-corrected chi connectivity index (χ1v) is 9.04. The lowest BCUT2D eigenvalue weighted by Crippen LogP contribution is -2.12. The van der Waals surface area contributed by atoms with Crippen molar-refractivity contribution in [2.75, 3.05) is 0 Å². The molecule has 3 rings (SSSR count). The molecule has 1 fully saturated rings. The van der Waals surface area contributed by atoms with Crippen molar-refractivity contribution in [1.29, 1.82) is 0 Å². The van der Waals surface area contributed by atoms with Crippen LogP contribution in [0.3, 0.4) is 0 Å². The van der Waals surface area contributed by atoms with Gasteiger partial charge in [0, 0.05) is 11.1 Å². The van der Waals surface area contributed by atoms with E-state index in [0.29, 0.717) is 0 Å². The molecule has 1 aliphatic rings. The molecule has 0 radical (unpaired) electrons. The van der Waals surface area contributed by atoms with Crippen molar-refractivity contribution in [3.8, 4) is 0 Å². The summed E-state index contributed by atoms with van der Waals surface area (Å²) in [5.74, 6) is 0.211. The minimum atomic E-state index is 0.211. The van der Waals surface area contributed by atoms with E-state index in [9.17, 15) is 4.79 Å². The third-order valence-electron chi connectivity index (χ3n) is 5.22. The Morgan fingerprint density at radius 2 is 1.12 bits per heavy atom. The van der Waals surface area contributed by atoms with Crippen molar-refractivity contribution in [2.24, 2.45) is 0 Å². The van der Waals surface area contributed by atoms with Gasteiger partial charge in [-0.15, -0.1) is 0 Å². The average molecular weight is 330 g/mol. The van der Waals surface area contributed by atoms with Gasteiger partial charge in [-0.2, -0.15) is 0 Å². The molecular formula is C24H26O. The van der Waals surface area contributed by atoms with Gasteiger partial charge in [-0.05, 0) is 92.5 Å². The summed E-state index contributed by atoms with van der Waals surface area (Å²) in [6, 6.07) is 12.8. The summed E-state index contributed by atoms with van der Waals surface area (Å²) < 4.78 is 0. The van der Waals surface area contributed by atoms with Crippen molar-refractivity contribution < 1.29 is 4.79 Å². The Bertz CT molecular complexity index is 809. The van der Waals surface area contributed by atoms with Gasteiger partial charge in [0.2, 0.25) is 0 Å². The van der Waals surface area contributed by atoms with Crippen LogP contribution in [0.15, 0.2) is 47.5 Å². The molecular weight excluding hydrogens is 304 g/mol. The molecule has 0 amide bonds. The number of hydrogen-bond donors (Lipinski definition) is 0. The zero-order chi connectivity index (χ0) is 18.0. The highest BCUT2D eigenvalue weighted by molar-refractivity contribution is 6.13. The zero-order valence-electron chi connectivity index (χ0n) is 15.6. The lowest BCUT2D eigenvalue weighted by Gasteiger charge is -2.17. The lowest BCUT2D eigenvalue weighted by atomic mass is 9.86. The van der Waals surface area contributed by atoms with Crippen molar-refractivity contribution in [2.45, 2.75) is 47.0 Å². The molecule has 1 heteroatoms. The number of carbonyl (C=O) groups excluding carboxylic acids is 1. The van der Waals surface area contributed by atoms with Crippen molar-refractivity contribution in [3.63, 3.8) is 0 Å². The monoisotopic (exact) mass is 330 g/mol. The van der Waals surface area contributed by atoms with E-state index >= 15 is 0 Å². The van der Waals surface area contributed by atoms with E-state index in [1.807, 2.05) is 0 Å². The van der Waals surface area contributed by atoms with Gasteiger partial charge in [-0.3, -0.25) is 4.79 Å². The Hall–Kier alpha value is -2.41. The molecule has 128 valence electrons. The molecule has 0 spiro atoms. The van der Waals surface area contributed by atoms with E-state index in [-0.39, 0.29) is 5.78 Å². The summed E-state index contributed by atoms with van der Waals surface area (Å²) in [5.41, 5.74) is 9.22. The first kappa shape index (κ1) is 17.4. The largest absolute Gasteiger partial charge is 0.289 e. The van der Waals surface area contributed by atoms with E-state index in [0.717, 1.165) is 41.5 Å². The normalized spacial score (nSPS) is 18.2. The average Bonchev–Trinajstić information content (AvgIpc) is 2.58. The standard InChI is InChI=1S/C24H26O/c1-16-8-10-20(12-18(16)3)14-22-6-5-7-23(24(22)25)15-21-11-9-17(2)19(4)13-21/h8-15H,5-7H2,1-4H3/b22-14+,23-15+. The molecule has 0 bridgehead atoms. The second kappa shape index (κ2) is 7.23. The lowest BCUT2D eigenvalue weighted by molar-refractivity contribution is -0.112. The number of rotatable bonds is 2. The minimum absolute atomic E-state index is 0.211. The Kier molecular flexibility index (Phi) is 5.03. The van der Waals surface area contributed by atoms with Crippen molar-refractivity contribution >= 4 is 17.9 Å². The Balaban J connectivity index is 1.89. The van der Waals surface area contributed by atoms with E-state index < -0.39 is 0 Å². The van der Waals surface area contributed by atoms with E-state index in [4.69, 9.17) is 0 Å². The SMILES string of the molecule is Cc1ccc(/C=C2\CCC/C(=C\c3ccc(C)c(C)c3)C2=O)cc1C. The fourth-order valence-corrected chi connectivity index (χ4v) is 3.29. The number of carbonyl (C=O) groups is 1. The molecule has 2 aromatic carbocycles. The Morgan fingerprint density at radius 1 is 0.680 bits per heavy atom. The van der Waals surface area contributed by atoms with Crippen LogP contribution in [0.2, 0.25) is 0 Å². The number of ketones is 1. The van der Waals surface area contributed by atoms with Crippen LogP contribution in [-0.4, -0.2) is 5.78 Å². The summed E-state index contributed by atoms with van der Waals surface area (Å²) in [5, 5.41) is 0. The summed E-state index contributed by atoms with van der Waals surface area (Å²) in [6.45, 7) is 8.46. The maximum Gasteiger partial charge on any atom is 0.185 e. The molecule has 0 atom stereocenters. The molecule has 1 saturated carbocycles. The van der Waals surface area contributed by atoms with Gasteiger partial charge < -0.3 is 0 Å². The molecule has 0 saturated heterocycles. The molecule has 0 aliphatic heterocycles. The van der Waals surface area contributed by atoms with Gasteiger partial charge in [0.25, 0.3) is 0 Å². The van der Waals surface area contributed by atoms with Gasteiger partial charge in [0.15, 0.2) is 5.78 Å². The predicted octanol–water partition coefficient (Wildman–Crippen LogP) is 6.14. The summed E-state index contributed by atoms with van der Waals surface area (Å²) in [7, 11) is 0. The third-order valence-corrected chi connectivity index (χ3v) is 5.22. The Morgan fingerprint density at radius 3 is 1.52 bits per heavy atom. The van der Waals surface area contributed by atoms with Crippen LogP contribution in [0.1, 0.15) is 52.6 Å². The van der Waals surface area contributed by atoms with Gasteiger partial charge in [0.05, 0.1) is 0 Å². The number of allylic oxidation sites excluding steroid dienone is 2. The van der Waals surface area contributed by atoms with Crippen LogP contribution in [0.25, 0.3) is 12.2 Å². The molecule has 1 nitrogen and oxygen atoms in total. The summed E-state index contributed by atoms with van der Waals surface area (Å²) in [6.07, 6.45) is 6.93. The van der Waals surface area contributed by atoms with E-state index in [2.05, 4.69) is 76.2 Å². The third kappa shape index (κ3) is 3.99. The molecule has 0 N–H and O–H groups in total. The van der Waals surface area contributed by atoms with Crippen LogP contribution in [0, 0.1) is 27.7 Å². The smallest absolute Gasteiger partial charge is 0.185 e. The molecule has 1 aliphatic carbocycles. The van der Waals surface area contributed by atoms with Crippen molar-refractivity contribution in [1.82, 2.24) is 0 Å². The van der Waals surface area contributed by atoms with Gasteiger partial charge in [-0.25, -0.2) is 0 Å². The van der Waals surface area contributed by atoms with Crippen LogP contribution < -0.4 is 0 Å². The van der Waals surface area contributed by atoms with Crippen LogP contribution in [0.5, 0.6) is 0 Å². The topological polar surface area (TPSA) is 17.1 Å². The molecule has 0 unspecified atom stereocenters. The number of aryl methyl sites for hydroxylation is 4. The second-order valence-electron chi connectivity index (χ2n) is 7.21. The van der Waals surface area contributed by atoms with Gasteiger partial charge in [0.1, 0.15) is 0 Å². The highest BCUT2D eigenvalue weighted by Crippen LogP contribution is 2.28. The van der Waals surface area contributed by atoms with Crippen LogP contribution in [0.4, 0.5) is 0 Å². The van der Waals surface area contributed by atoms with Crippen LogP contribution >= 0.6 is 0 Å².